The van der Waals surface area contributed by atoms with Gasteiger partial charge in [-0.3, -0.25) is 19.2 Å². The van der Waals surface area contributed by atoms with E-state index in [1.165, 1.54) is 95.9 Å². The monoisotopic (exact) mass is 1500 g/mol. The Morgan fingerprint density at radius 2 is 0.728 bits per heavy atom. The molecule has 6 rings (SSSR count). The van der Waals surface area contributed by atoms with Crippen molar-refractivity contribution < 1.29 is 191 Å². The van der Waals surface area contributed by atoms with E-state index in [4.69, 9.17) is 62.6 Å². The summed E-state index contributed by atoms with van der Waals surface area (Å²) in [5, 5.41) is 160. The molecule has 30 unspecified atom stereocenters. The number of carboxylic acids is 2. The number of ether oxygens (including phenoxy) is 12. The molecule has 0 radical (unpaired) electrons. The Morgan fingerprint density at radius 1 is 0.427 bits per heavy atom. The third-order valence-electron chi connectivity index (χ3n) is 18.7. The fourth-order valence-corrected chi connectivity index (χ4v) is 13.2. The predicted molar refractivity (Wildman–Crippen MR) is 344 cm³/mol. The first-order chi connectivity index (χ1) is 48.3. The average Bonchev–Trinajstić information content (AvgIpc) is 0.774. The third-order valence-corrected chi connectivity index (χ3v) is 18.7. The number of rotatable bonds is 33. The van der Waals surface area contributed by atoms with Gasteiger partial charge in [-0.15, -0.1) is 0 Å². The molecule has 0 aliphatic carbocycles. The number of aliphatic carboxylic acids is 2. The van der Waals surface area contributed by atoms with Gasteiger partial charge in [0.2, 0.25) is 17.7 Å². The molecule has 6 aliphatic heterocycles. The molecule has 0 aromatic heterocycles. The van der Waals surface area contributed by atoms with Crippen LogP contribution in [0.3, 0.4) is 0 Å². The van der Waals surface area contributed by atoms with Crippen molar-refractivity contribution in [1.82, 2.24) is 21.3 Å². The molecular formula is C64H115N6NaO32. The van der Waals surface area contributed by atoms with E-state index in [1.807, 2.05) is 0 Å². The van der Waals surface area contributed by atoms with Crippen molar-refractivity contribution in [2.24, 2.45) is 5.73 Å². The van der Waals surface area contributed by atoms with Crippen molar-refractivity contribution in [1.29, 1.82) is 0 Å². The van der Waals surface area contributed by atoms with Crippen LogP contribution in [0.4, 0.5) is 0 Å². The van der Waals surface area contributed by atoms with Gasteiger partial charge < -0.3 is 169 Å². The Kier molecular flexibility index (Phi) is 41.7. The number of carbonyl (C=O) groups excluding carboxylic acids is 6. The third kappa shape index (κ3) is 25.4. The molecule has 6 aliphatic rings. The summed E-state index contributed by atoms with van der Waals surface area (Å²) in [5.74, 6) is -6.43. The Labute approximate surface area is 621 Å². The van der Waals surface area contributed by atoms with Crippen molar-refractivity contribution in [2.75, 3.05) is 73.3 Å². The Hall–Kier alpha value is -3.22. The minimum Gasteiger partial charge on any atom is -0.547 e. The minimum absolute atomic E-state index is 0. The normalized spacial score (nSPS) is 38.2. The van der Waals surface area contributed by atoms with Gasteiger partial charge in [0.15, 0.2) is 31.3 Å². The summed E-state index contributed by atoms with van der Waals surface area (Å²) in [4.78, 5) is 72.7. The first kappa shape index (κ1) is 94.0. The summed E-state index contributed by atoms with van der Waals surface area (Å²) in [6.07, 6.45) is -34.1. The summed E-state index contributed by atoms with van der Waals surface area (Å²) in [6.45, 7) is 19.3. The predicted octanol–water partition coefficient (Wildman–Crippen LogP) is -12.7. The van der Waals surface area contributed by atoms with Crippen molar-refractivity contribution >= 4 is 35.6 Å². The van der Waals surface area contributed by atoms with Crippen LogP contribution in [0.5, 0.6) is 0 Å². The number of quaternary nitrogens is 1. The fourth-order valence-electron chi connectivity index (χ4n) is 13.2. The smallest absolute Gasteiger partial charge is 0.547 e. The van der Waals surface area contributed by atoms with Gasteiger partial charge in [-0.2, -0.15) is 0 Å². The van der Waals surface area contributed by atoms with Crippen LogP contribution in [-0.2, 0) is 85.6 Å². The van der Waals surface area contributed by atoms with E-state index in [-0.39, 0.29) is 42.6 Å². The van der Waals surface area contributed by atoms with Gasteiger partial charge in [-0.1, -0.05) is 53.4 Å². The Bertz CT molecular complexity index is 2500. The molecule has 39 heteroatoms. The minimum atomic E-state index is -2.33. The second-order valence-corrected chi connectivity index (χ2v) is 26.4. The number of amides is 4. The SMILES string of the molecule is CCCC[N+](CCCC)(CCCC)CCCC.COC1C(C(=O)NCCN)OC(OC2C(O)C(CO)OC(OC3C(C(=O)[O-])OC(OC4C(O)C(CO)OC(C)C4NC(C)=O)C(O)C3O)C2NC(C)=O)C(O)C1O.COC1C(C(=O)[O-])OC(OC2C(O)C(CO)OC(C)C2NC(C)=O)C(O)C1O.[Na+]. The van der Waals surface area contributed by atoms with Gasteiger partial charge in [-0.05, 0) is 39.5 Å². The molecule has 6 heterocycles. The van der Waals surface area contributed by atoms with Crippen LogP contribution < -0.4 is 66.8 Å². The molecule has 30 atom stereocenters. The first-order valence-electron chi connectivity index (χ1n) is 34.9. The van der Waals surface area contributed by atoms with E-state index in [9.17, 15) is 100 Å². The number of carboxylic acid groups (broad SMARTS) is 2. The fraction of sp³-hybridized carbons (Fsp3) is 0.906. The molecule has 594 valence electrons. The van der Waals surface area contributed by atoms with E-state index in [0.29, 0.717) is 0 Å². The van der Waals surface area contributed by atoms with Crippen LogP contribution >= 0.6 is 0 Å². The molecule has 0 saturated carbocycles. The van der Waals surface area contributed by atoms with Gasteiger partial charge in [0.05, 0.1) is 82.2 Å². The molecule has 4 amide bonds. The van der Waals surface area contributed by atoms with Crippen molar-refractivity contribution in [3.05, 3.63) is 0 Å². The molecule has 18 N–H and O–H groups in total. The number of nitrogens with zero attached hydrogens (tertiary/aromatic N) is 1. The molecule has 6 fully saturated rings. The summed E-state index contributed by atoms with van der Waals surface area (Å²) in [5.41, 5.74) is 5.45. The van der Waals surface area contributed by atoms with E-state index in [2.05, 4.69) is 49.0 Å². The largest absolute Gasteiger partial charge is 1.00 e. The zero-order valence-corrected chi connectivity index (χ0v) is 62.9. The zero-order valence-electron chi connectivity index (χ0n) is 60.9. The number of carbonyl (C=O) groups is 6. The van der Waals surface area contributed by atoms with Gasteiger partial charge in [0.25, 0.3) is 5.91 Å². The Morgan fingerprint density at radius 3 is 1.05 bits per heavy atom. The maximum atomic E-state index is 12.9. The quantitative estimate of drug-likeness (QED) is 0.0214. The van der Waals surface area contributed by atoms with Crippen molar-refractivity contribution in [2.45, 2.75) is 297 Å². The molecule has 0 spiro atoms. The van der Waals surface area contributed by atoms with Gasteiger partial charge in [0, 0.05) is 48.1 Å². The Balaban J connectivity index is 0.000000493. The number of aliphatic hydroxyl groups excluding tert-OH is 12. The second-order valence-electron chi connectivity index (χ2n) is 26.4. The van der Waals surface area contributed by atoms with Crippen LogP contribution in [0, 0.1) is 0 Å². The number of nitrogens with one attached hydrogen (secondary N) is 4. The molecular weight excluding hydrogens is 1390 g/mol. The summed E-state index contributed by atoms with van der Waals surface area (Å²) in [7, 11) is 2.26. The molecule has 38 nitrogen and oxygen atoms in total. The van der Waals surface area contributed by atoms with E-state index < -0.39 is 239 Å². The van der Waals surface area contributed by atoms with Crippen LogP contribution in [0.15, 0.2) is 0 Å². The van der Waals surface area contributed by atoms with Crippen molar-refractivity contribution in [3.8, 4) is 0 Å². The summed E-state index contributed by atoms with van der Waals surface area (Å²) in [6, 6.07) is -3.78. The number of unbranched alkanes of at least 4 members (excludes halogenated alkanes) is 4. The first-order valence-corrected chi connectivity index (χ1v) is 34.9. The molecule has 6 saturated heterocycles. The second kappa shape index (κ2) is 45.7. The zero-order chi connectivity index (χ0) is 76.6. The molecule has 0 bridgehead atoms. The van der Waals surface area contributed by atoms with Crippen LogP contribution in [0.1, 0.15) is 114 Å². The average molecular weight is 1500 g/mol. The molecule has 103 heavy (non-hydrogen) atoms. The van der Waals surface area contributed by atoms with Crippen LogP contribution in [0.2, 0.25) is 0 Å². The number of hydrogen-bond acceptors (Lipinski definition) is 33. The number of methoxy groups -OCH3 is 2. The number of aliphatic hydroxyl groups is 12. The van der Waals surface area contributed by atoms with Crippen LogP contribution in [0.25, 0.3) is 0 Å². The molecule has 0 aromatic carbocycles. The van der Waals surface area contributed by atoms with Gasteiger partial charge in [0.1, 0.15) is 128 Å². The number of hydrogen-bond donors (Lipinski definition) is 17. The van der Waals surface area contributed by atoms with E-state index in [1.54, 1.807) is 6.92 Å². The van der Waals surface area contributed by atoms with E-state index >= 15 is 0 Å². The standard InChI is InChI=1S/C32H54N4O21.C16H27NO11.C16H36N.Na/c1-9-14(35-10(2)39)22(16(41)12(7-37)51-9)53-32-21(46)19(44)25(27(57-32)29(48)49)55-30-15(36-11(3)40)23(17(42)13(8-38)52-30)54-31-20(45)18(43)24(50-4)26(56-31)28(47)34-6-5-33;1-5-8(17-6(2)19)12(9(20)7(4-18)26-5)27-16-11(22)10(21)13(25-3)14(28-16)15(23)24;1-5-9-13-17(14-10-6-2,15-11-7-3)16-12-8-4;/h9,12-27,30-32,37-38,41-46H,5-8,33H2,1-4H3,(H,34,47)(H,35,39)(H,36,40)(H,48,49);5,7-14,16,18,20-22H,4H2,1-3H3,(H,17,19)(H,23,24);5-16H2,1-4H3;/q;;2*+1/p-2. The molecule has 0 aromatic rings. The van der Waals surface area contributed by atoms with E-state index in [0.717, 1.165) is 28.1 Å². The summed E-state index contributed by atoms with van der Waals surface area (Å²) >= 11 is 0. The number of nitrogens with two attached hydrogens (primary N) is 1. The summed E-state index contributed by atoms with van der Waals surface area (Å²) < 4.78 is 67.5. The maximum Gasteiger partial charge on any atom is 1.00 e. The van der Waals surface area contributed by atoms with Crippen LogP contribution in [-0.4, -0.2) is 358 Å². The van der Waals surface area contributed by atoms with Crippen molar-refractivity contribution in [3.63, 3.8) is 0 Å². The van der Waals surface area contributed by atoms with Gasteiger partial charge >= 0.3 is 29.6 Å². The van der Waals surface area contributed by atoms with Gasteiger partial charge in [-0.25, -0.2) is 0 Å². The maximum absolute atomic E-state index is 12.9. The topological polar surface area (TPSA) is 576 Å².